The molecule has 0 bridgehead atoms. The van der Waals surface area contributed by atoms with Crippen molar-refractivity contribution >= 4 is 33.5 Å². The van der Waals surface area contributed by atoms with Gasteiger partial charge in [-0.3, -0.25) is 14.3 Å². The molecule has 124 valence electrons. The fraction of sp³-hybridized carbons (Fsp3) is 0.0588. The van der Waals surface area contributed by atoms with Gasteiger partial charge < -0.3 is 9.73 Å². The molecule has 8 heteroatoms. The molecular weight excluding hydrogens is 340 g/mol. The number of hydrogen-bond donors (Lipinski definition) is 1. The summed E-state index contributed by atoms with van der Waals surface area (Å²) in [4.78, 5) is 32.7. The molecule has 0 atom stereocenters. The Morgan fingerprint density at radius 2 is 2.00 bits per heavy atom. The van der Waals surface area contributed by atoms with E-state index in [0.717, 1.165) is 5.69 Å². The Kier molecular flexibility index (Phi) is 3.87. The van der Waals surface area contributed by atoms with Crippen molar-refractivity contribution < 1.29 is 9.21 Å². The van der Waals surface area contributed by atoms with Crippen LogP contribution in [0, 0.1) is 0 Å². The molecule has 0 aliphatic rings. The smallest absolute Gasteiger partial charge is 0.408 e. The monoisotopic (exact) mass is 352 g/mol. The summed E-state index contributed by atoms with van der Waals surface area (Å²) in [5.41, 5.74) is 2.45. The van der Waals surface area contributed by atoms with Gasteiger partial charge in [-0.1, -0.05) is 18.2 Å². The number of fused-ring (bicyclic) bond motifs is 1. The van der Waals surface area contributed by atoms with Crippen LogP contribution in [0.25, 0.3) is 22.5 Å². The summed E-state index contributed by atoms with van der Waals surface area (Å²) in [6.45, 7) is -0.144. The van der Waals surface area contributed by atoms with Gasteiger partial charge in [-0.25, -0.2) is 9.78 Å². The number of carbonyl (C=O) groups is 1. The lowest BCUT2D eigenvalue weighted by Crippen LogP contribution is -2.24. The molecule has 1 amide bonds. The van der Waals surface area contributed by atoms with Gasteiger partial charge in [0.25, 0.3) is 0 Å². The van der Waals surface area contributed by atoms with E-state index in [9.17, 15) is 9.59 Å². The standard InChI is InChI=1S/C17H12N4O3S/c22-15(9-21-13-6-1-2-7-14(13)24-17(21)23)20-16-19-12(10-25-16)11-5-3-4-8-18-11/h1-8,10H,9H2,(H,19,20,22). The number of aromatic nitrogens is 3. The third-order valence-electron chi connectivity index (χ3n) is 3.55. The van der Waals surface area contributed by atoms with Crippen LogP contribution in [0.5, 0.6) is 0 Å². The predicted molar refractivity (Wildman–Crippen MR) is 94.4 cm³/mol. The zero-order chi connectivity index (χ0) is 17.2. The maximum atomic E-state index is 12.3. The van der Waals surface area contributed by atoms with Gasteiger partial charge in [0.1, 0.15) is 12.2 Å². The van der Waals surface area contributed by atoms with Gasteiger partial charge in [0.2, 0.25) is 5.91 Å². The van der Waals surface area contributed by atoms with Crippen molar-refractivity contribution in [3.05, 3.63) is 64.6 Å². The molecule has 25 heavy (non-hydrogen) atoms. The van der Waals surface area contributed by atoms with Crippen LogP contribution in [-0.2, 0) is 11.3 Å². The number of carbonyl (C=O) groups excluding carboxylic acids is 1. The minimum atomic E-state index is -0.565. The molecule has 4 aromatic rings. The first-order chi connectivity index (χ1) is 12.2. The lowest BCUT2D eigenvalue weighted by Gasteiger charge is -2.02. The fourth-order valence-corrected chi connectivity index (χ4v) is 3.15. The van der Waals surface area contributed by atoms with Crippen molar-refractivity contribution in [3.63, 3.8) is 0 Å². The molecule has 3 aromatic heterocycles. The molecule has 0 radical (unpaired) electrons. The average Bonchev–Trinajstić information content (AvgIpc) is 3.21. The van der Waals surface area contributed by atoms with Gasteiger partial charge in [0.05, 0.1) is 11.2 Å². The molecule has 4 rings (SSSR count). The van der Waals surface area contributed by atoms with E-state index in [2.05, 4.69) is 15.3 Å². The van der Waals surface area contributed by atoms with E-state index in [0.29, 0.717) is 21.9 Å². The number of amides is 1. The highest BCUT2D eigenvalue weighted by molar-refractivity contribution is 7.14. The highest BCUT2D eigenvalue weighted by atomic mass is 32.1. The highest BCUT2D eigenvalue weighted by Crippen LogP contribution is 2.23. The number of pyridine rings is 1. The van der Waals surface area contributed by atoms with Crippen LogP contribution in [0.15, 0.2) is 63.3 Å². The number of rotatable bonds is 4. The number of anilines is 1. The van der Waals surface area contributed by atoms with Crippen LogP contribution in [0.3, 0.4) is 0 Å². The van der Waals surface area contributed by atoms with Gasteiger partial charge in [0.15, 0.2) is 10.7 Å². The van der Waals surface area contributed by atoms with Crippen molar-refractivity contribution in [2.75, 3.05) is 5.32 Å². The number of nitrogens with one attached hydrogen (secondary N) is 1. The van der Waals surface area contributed by atoms with Crippen molar-refractivity contribution in [1.82, 2.24) is 14.5 Å². The third kappa shape index (κ3) is 3.07. The molecule has 0 spiro atoms. The maximum Gasteiger partial charge on any atom is 0.420 e. The first-order valence-electron chi connectivity index (χ1n) is 7.46. The Bertz CT molecular complexity index is 1100. The second-order valence-corrected chi connectivity index (χ2v) is 6.08. The molecule has 0 aliphatic heterocycles. The van der Waals surface area contributed by atoms with Crippen molar-refractivity contribution in [2.24, 2.45) is 0 Å². The van der Waals surface area contributed by atoms with E-state index in [1.165, 1.54) is 15.9 Å². The molecule has 0 saturated carbocycles. The van der Waals surface area contributed by atoms with Crippen molar-refractivity contribution in [3.8, 4) is 11.4 Å². The summed E-state index contributed by atoms with van der Waals surface area (Å²) in [6, 6.07) is 12.5. The predicted octanol–water partition coefficient (Wildman–Crippen LogP) is 2.75. The fourth-order valence-electron chi connectivity index (χ4n) is 2.43. The van der Waals surface area contributed by atoms with E-state index in [1.54, 1.807) is 30.5 Å². The molecule has 1 aromatic carbocycles. The summed E-state index contributed by atoms with van der Waals surface area (Å²) in [5, 5.41) is 4.97. The summed E-state index contributed by atoms with van der Waals surface area (Å²) in [7, 11) is 0. The minimum absolute atomic E-state index is 0.144. The van der Waals surface area contributed by atoms with Crippen LogP contribution < -0.4 is 11.1 Å². The lowest BCUT2D eigenvalue weighted by molar-refractivity contribution is -0.116. The second kappa shape index (κ2) is 6.33. The van der Waals surface area contributed by atoms with E-state index >= 15 is 0 Å². The summed E-state index contributed by atoms with van der Waals surface area (Å²) in [6.07, 6.45) is 1.68. The Hall–Kier alpha value is -3.26. The summed E-state index contributed by atoms with van der Waals surface area (Å²) in [5.74, 6) is -0.916. The number of benzene rings is 1. The highest BCUT2D eigenvalue weighted by Gasteiger charge is 2.14. The van der Waals surface area contributed by atoms with Gasteiger partial charge in [-0.15, -0.1) is 11.3 Å². The largest absolute Gasteiger partial charge is 0.420 e. The lowest BCUT2D eigenvalue weighted by atomic mass is 10.3. The Balaban J connectivity index is 1.52. The van der Waals surface area contributed by atoms with Gasteiger partial charge in [-0.05, 0) is 24.3 Å². The molecule has 0 saturated heterocycles. The van der Waals surface area contributed by atoms with Gasteiger partial charge in [0, 0.05) is 11.6 Å². The van der Waals surface area contributed by atoms with Gasteiger partial charge >= 0.3 is 5.76 Å². The number of nitrogens with zero attached hydrogens (tertiary/aromatic N) is 3. The van der Waals surface area contributed by atoms with Crippen LogP contribution in [0.1, 0.15) is 0 Å². The van der Waals surface area contributed by atoms with Crippen LogP contribution >= 0.6 is 11.3 Å². The zero-order valence-corrected chi connectivity index (χ0v) is 13.7. The summed E-state index contributed by atoms with van der Waals surface area (Å²) < 4.78 is 6.41. The topological polar surface area (TPSA) is 90.0 Å². The van der Waals surface area contributed by atoms with Crippen LogP contribution in [0.2, 0.25) is 0 Å². The van der Waals surface area contributed by atoms with E-state index in [1.807, 2.05) is 23.6 Å². The minimum Gasteiger partial charge on any atom is -0.408 e. The number of hydrogen-bond acceptors (Lipinski definition) is 6. The molecule has 1 N–H and O–H groups in total. The quantitative estimate of drug-likeness (QED) is 0.610. The molecular formula is C17H12N4O3S. The number of thiazole rings is 1. The normalized spacial score (nSPS) is 10.9. The first-order valence-corrected chi connectivity index (χ1v) is 8.34. The third-order valence-corrected chi connectivity index (χ3v) is 4.31. The van der Waals surface area contributed by atoms with Crippen LogP contribution in [0.4, 0.5) is 5.13 Å². The molecule has 3 heterocycles. The van der Waals surface area contributed by atoms with E-state index in [-0.39, 0.29) is 12.5 Å². The average molecular weight is 352 g/mol. The maximum absolute atomic E-state index is 12.3. The molecule has 7 nitrogen and oxygen atoms in total. The van der Waals surface area contributed by atoms with Crippen molar-refractivity contribution in [1.29, 1.82) is 0 Å². The number of oxazole rings is 1. The Labute approximate surface area is 145 Å². The van der Waals surface area contributed by atoms with Crippen molar-refractivity contribution in [2.45, 2.75) is 6.54 Å². The SMILES string of the molecule is O=C(Cn1c(=O)oc2ccccc21)Nc1nc(-c2ccccn2)cs1. The van der Waals surface area contributed by atoms with E-state index in [4.69, 9.17) is 4.42 Å². The Morgan fingerprint density at radius 3 is 2.84 bits per heavy atom. The van der Waals surface area contributed by atoms with Crippen LogP contribution in [-0.4, -0.2) is 20.4 Å². The first kappa shape index (κ1) is 15.3. The second-order valence-electron chi connectivity index (χ2n) is 5.22. The molecule has 0 fully saturated rings. The summed E-state index contributed by atoms with van der Waals surface area (Å²) >= 11 is 1.30. The van der Waals surface area contributed by atoms with Gasteiger partial charge in [-0.2, -0.15) is 0 Å². The molecule has 0 aliphatic carbocycles. The molecule has 0 unspecified atom stereocenters. The Morgan fingerprint density at radius 1 is 1.16 bits per heavy atom. The zero-order valence-electron chi connectivity index (χ0n) is 12.9. The van der Waals surface area contributed by atoms with E-state index < -0.39 is 5.76 Å². The number of para-hydroxylation sites is 2.